The number of carbonyl (C=O) groups is 2. The quantitative estimate of drug-likeness (QED) is 0.257. The second kappa shape index (κ2) is 13.0. The second-order valence-corrected chi connectivity index (χ2v) is 9.67. The Balaban J connectivity index is 1.51. The molecule has 0 unspecified atom stereocenters. The van der Waals surface area contributed by atoms with Crippen molar-refractivity contribution < 1.29 is 19.1 Å². The molecule has 0 spiro atoms. The monoisotopic (exact) mass is 545 g/mol. The van der Waals surface area contributed by atoms with Crippen molar-refractivity contribution >= 4 is 29.3 Å². The van der Waals surface area contributed by atoms with Gasteiger partial charge in [-0.05, 0) is 86.5 Å². The molecule has 0 saturated heterocycles. The van der Waals surface area contributed by atoms with E-state index in [4.69, 9.17) is 9.47 Å². The molecule has 202 valence electrons. The molecule has 0 atom stereocenters. The predicted octanol–water partition coefficient (Wildman–Crippen LogP) is 4.95. The van der Waals surface area contributed by atoms with Crippen LogP contribution in [-0.2, 0) is 11.3 Å². The summed E-state index contributed by atoms with van der Waals surface area (Å²) >= 11 is 1.27. The SMILES string of the molecule is CCOc1ccc(-n2c(CNC(=O)c3ccc(OC)cc3)nnc2SCC(=O)Nc2cc(C)ccc2C)cc1. The molecule has 4 aromatic rings. The molecule has 1 heterocycles. The summed E-state index contributed by atoms with van der Waals surface area (Å²) in [4.78, 5) is 25.5. The zero-order chi connectivity index (χ0) is 27.8. The summed E-state index contributed by atoms with van der Waals surface area (Å²) in [5.41, 5.74) is 4.14. The standard InChI is InChI=1S/C29H31N5O4S/c1-5-38-24-14-10-22(11-15-24)34-26(17-30-28(36)21-8-12-23(37-4)13-9-21)32-33-29(34)39-18-27(35)31-25-16-19(2)6-7-20(25)3/h6-16H,5,17-18H2,1-4H3,(H,30,36)(H,31,35). The molecule has 0 bridgehead atoms. The van der Waals surface area contributed by atoms with Crippen LogP contribution in [0, 0.1) is 13.8 Å². The van der Waals surface area contributed by atoms with Crippen LogP contribution in [0.2, 0.25) is 0 Å². The molecule has 2 N–H and O–H groups in total. The van der Waals surface area contributed by atoms with E-state index in [2.05, 4.69) is 20.8 Å². The van der Waals surface area contributed by atoms with Gasteiger partial charge in [-0.3, -0.25) is 14.2 Å². The summed E-state index contributed by atoms with van der Waals surface area (Å²) in [6.07, 6.45) is 0. The fraction of sp³-hybridized carbons (Fsp3) is 0.241. The van der Waals surface area contributed by atoms with E-state index in [9.17, 15) is 9.59 Å². The Bertz CT molecular complexity index is 1440. The van der Waals surface area contributed by atoms with Crippen LogP contribution in [0.3, 0.4) is 0 Å². The molecule has 0 saturated carbocycles. The third-order valence-electron chi connectivity index (χ3n) is 5.87. The van der Waals surface area contributed by atoms with E-state index in [1.165, 1.54) is 11.8 Å². The highest BCUT2D eigenvalue weighted by atomic mass is 32.2. The first kappa shape index (κ1) is 27.7. The van der Waals surface area contributed by atoms with E-state index < -0.39 is 0 Å². The van der Waals surface area contributed by atoms with Gasteiger partial charge in [0, 0.05) is 16.9 Å². The van der Waals surface area contributed by atoms with Crippen LogP contribution < -0.4 is 20.1 Å². The van der Waals surface area contributed by atoms with Crippen LogP contribution >= 0.6 is 11.8 Å². The Morgan fingerprint density at radius 1 is 0.949 bits per heavy atom. The van der Waals surface area contributed by atoms with Crippen LogP contribution in [0.25, 0.3) is 5.69 Å². The highest BCUT2D eigenvalue weighted by molar-refractivity contribution is 7.99. The Kier molecular flexibility index (Phi) is 9.22. The Hall–Kier alpha value is -4.31. The van der Waals surface area contributed by atoms with E-state index in [1.54, 1.807) is 31.4 Å². The predicted molar refractivity (Wildman–Crippen MR) is 152 cm³/mol. The fourth-order valence-corrected chi connectivity index (χ4v) is 4.59. The van der Waals surface area contributed by atoms with Crippen molar-refractivity contribution in [3.63, 3.8) is 0 Å². The van der Waals surface area contributed by atoms with Crippen molar-refractivity contribution in [3.05, 3.63) is 89.2 Å². The van der Waals surface area contributed by atoms with Crippen molar-refractivity contribution in [1.82, 2.24) is 20.1 Å². The van der Waals surface area contributed by atoms with Crippen molar-refractivity contribution in [2.75, 3.05) is 24.8 Å². The minimum absolute atomic E-state index is 0.139. The van der Waals surface area contributed by atoms with Gasteiger partial charge < -0.3 is 20.1 Å². The van der Waals surface area contributed by atoms with Crippen LogP contribution in [0.4, 0.5) is 5.69 Å². The molecule has 39 heavy (non-hydrogen) atoms. The Morgan fingerprint density at radius 3 is 2.36 bits per heavy atom. The average Bonchev–Trinajstić information content (AvgIpc) is 3.36. The van der Waals surface area contributed by atoms with E-state index in [0.717, 1.165) is 28.3 Å². The highest BCUT2D eigenvalue weighted by Gasteiger charge is 2.18. The molecule has 10 heteroatoms. The number of anilines is 1. The molecule has 3 aromatic carbocycles. The normalized spacial score (nSPS) is 10.7. The minimum atomic E-state index is -0.249. The average molecular weight is 546 g/mol. The first-order chi connectivity index (χ1) is 18.9. The number of amides is 2. The summed E-state index contributed by atoms with van der Waals surface area (Å²) < 4.78 is 12.6. The summed E-state index contributed by atoms with van der Waals surface area (Å²) in [6, 6.07) is 20.3. The lowest BCUT2D eigenvalue weighted by atomic mass is 10.1. The third kappa shape index (κ3) is 7.17. The Morgan fingerprint density at radius 2 is 1.67 bits per heavy atom. The molecule has 4 rings (SSSR count). The zero-order valence-electron chi connectivity index (χ0n) is 22.4. The second-order valence-electron chi connectivity index (χ2n) is 8.73. The largest absolute Gasteiger partial charge is 0.497 e. The number of nitrogens with one attached hydrogen (secondary N) is 2. The summed E-state index contributed by atoms with van der Waals surface area (Å²) in [5.74, 6) is 1.68. The van der Waals surface area contributed by atoms with E-state index >= 15 is 0 Å². The first-order valence-electron chi connectivity index (χ1n) is 12.5. The van der Waals surface area contributed by atoms with Crippen LogP contribution in [0.5, 0.6) is 11.5 Å². The van der Waals surface area contributed by atoms with Gasteiger partial charge in [0.2, 0.25) is 5.91 Å². The number of nitrogens with zero attached hydrogens (tertiary/aromatic N) is 3. The molecule has 9 nitrogen and oxygen atoms in total. The van der Waals surface area contributed by atoms with Gasteiger partial charge in [0.05, 0.1) is 26.0 Å². The van der Waals surface area contributed by atoms with Gasteiger partial charge in [0.15, 0.2) is 11.0 Å². The number of carbonyl (C=O) groups excluding carboxylic acids is 2. The molecule has 0 radical (unpaired) electrons. The first-order valence-corrected chi connectivity index (χ1v) is 13.5. The number of thioether (sulfide) groups is 1. The number of aromatic nitrogens is 3. The highest BCUT2D eigenvalue weighted by Crippen LogP contribution is 2.25. The minimum Gasteiger partial charge on any atom is -0.497 e. The van der Waals surface area contributed by atoms with Gasteiger partial charge in [0.1, 0.15) is 11.5 Å². The van der Waals surface area contributed by atoms with Gasteiger partial charge in [-0.15, -0.1) is 10.2 Å². The molecule has 0 aliphatic rings. The van der Waals surface area contributed by atoms with Crippen molar-refractivity contribution in [2.24, 2.45) is 0 Å². The van der Waals surface area contributed by atoms with Crippen molar-refractivity contribution in [1.29, 1.82) is 0 Å². The number of benzene rings is 3. The van der Waals surface area contributed by atoms with Crippen LogP contribution in [0.15, 0.2) is 71.9 Å². The van der Waals surface area contributed by atoms with Crippen molar-refractivity contribution in [3.8, 4) is 17.2 Å². The maximum atomic E-state index is 12.8. The molecule has 0 fully saturated rings. The summed E-state index contributed by atoms with van der Waals surface area (Å²) in [7, 11) is 1.58. The maximum absolute atomic E-state index is 12.8. The number of rotatable bonds is 11. The Labute approximate surface area is 231 Å². The topological polar surface area (TPSA) is 107 Å². The molecule has 0 aliphatic carbocycles. The summed E-state index contributed by atoms with van der Waals surface area (Å²) in [6.45, 7) is 6.57. The molecular weight excluding hydrogens is 514 g/mol. The van der Waals surface area contributed by atoms with E-state index in [1.807, 2.05) is 67.8 Å². The third-order valence-corrected chi connectivity index (χ3v) is 6.79. The van der Waals surface area contributed by atoms with Gasteiger partial charge in [-0.1, -0.05) is 23.9 Å². The smallest absolute Gasteiger partial charge is 0.251 e. The van der Waals surface area contributed by atoms with Crippen LogP contribution in [-0.4, -0.2) is 46.0 Å². The lowest BCUT2D eigenvalue weighted by molar-refractivity contribution is -0.113. The molecular formula is C29H31N5O4S. The van der Waals surface area contributed by atoms with Crippen LogP contribution in [0.1, 0.15) is 34.2 Å². The van der Waals surface area contributed by atoms with Gasteiger partial charge in [-0.25, -0.2) is 0 Å². The number of aryl methyl sites for hydroxylation is 2. The van der Waals surface area contributed by atoms with E-state index in [-0.39, 0.29) is 24.1 Å². The van der Waals surface area contributed by atoms with Gasteiger partial charge in [0.25, 0.3) is 5.91 Å². The number of hydrogen-bond acceptors (Lipinski definition) is 7. The maximum Gasteiger partial charge on any atom is 0.251 e. The number of hydrogen-bond donors (Lipinski definition) is 2. The molecule has 0 aliphatic heterocycles. The van der Waals surface area contributed by atoms with E-state index in [0.29, 0.717) is 28.9 Å². The van der Waals surface area contributed by atoms with Gasteiger partial charge >= 0.3 is 0 Å². The zero-order valence-corrected chi connectivity index (χ0v) is 23.2. The summed E-state index contributed by atoms with van der Waals surface area (Å²) in [5, 5.41) is 15.1. The van der Waals surface area contributed by atoms with Crippen molar-refractivity contribution in [2.45, 2.75) is 32.5 Å². The number of ether oxygens (including phenoxy) is 2. The molecule has 2 amide bonds. The number of methoxy groups -OCH3 is 1. The lowest BCUT2D eigenvalue weighted by Crippen LogP contribution is -2.24. The molecule has 1 aromatic heterocycles. The van der Waals surface area contributed by atoms with Gasteiger partial charge in [-0.2, -0.15) is 0 Å². The fourth-order valence-electron chi connectivity index (χ4n) is 3.82. The lowest BCUT2D eigenvalue weighted by Gasteiger charge is -2.13.